The Kier molecular flexibility index (Phi) is 10.5. The first-order valence-corrected chi connectivity index (χ1v) is 8.68. The van der Waals surface area contributed by atoms with Gasteiger partial charge in [-0.05, 0) is 25.7 Å². The Morgan fingerprint density at radius 2 is 1.52 bits per heavy atom. The first-order valence-electron chi connectivity index (χ1n) is 8.68. The molecule has 0 radical (unpaired) electrons. The minimum Gasteiger partial charge on any atom is -0.370 e. The van der Waals surface area contributed by atoms with Crippen LogP contribution in [0, 0.1) is 5.92 Å². The fourth-order valence-electron chi connectivity index (χ4n) is 2.17. The fourth-order valence-corrected chi connectivity index (χ4v) is 2.17. The van der Waals surface area contributed by atoms with Crippen LogP contribution in [0.4, 0.5) is 0 Å². The predicted octanol–water partition coefficient (Wildman–Crippen LogP) is -2.32. The van der Waals surface area contributed by atoms with E-state index < -0.39 is 35.8 Å². The van der Waals surface area contributed by atoms with Gasteiger partial charge in [0.05, 0.1) is 0 Å². The molecule has 11 heteroatoms. The maximum Gasteiger partial charge on any atom is 0.243 e. The highest BCUT2D eigenvalue weighted by atomic mass is 16.2. The maximum atomic E-state index is 12.5. The molecule has 0 unspecified atom stereocenters. The van der Waals surface area contributed by atoms with Crippen molar-refractivity contribution >= 4 is 29.6 Å². The molecule has 0 rings (SSSR count). The Bertz CT molecular complexity index is 573. The van der Waals surface area contributed by atoms with Crippen molar-refractivity contribution in [2.75, 3.05) is 6.54 Å². The maximum absolute atomic E-state index is 12.5. The number of nitrogens with two attached hydrogens (primary N) is 3. The van der Waals surface area contributed by atoms with E-state index in [1.54, 1.807) is 13.8 Å². The third kappa shape index (κ3) is 10.0. The number of primary amides is 1. The summed E-state index contributed by atoms with van der Waals surface area (Å²) in [6, 6.07) is -2.64. The number of nitrogens with zero attached hydrogens (tertiary/aromatic N) is 1. The summed E-state index contributed by atoms with van der Waals surface area (Å²) >= 11 is 0. The number of rotatable bonds is 11. The van der Waals surface area contributed by atoms with Gasteiger partial charge in [-0.25, -0.2) is 0 Å². The molecule has 0 aromatic carbocycles. The zero-order valence-electron chi connectivity index (χ0n) is 16.2. The van der Waals surface area contributed by atoms with Crippen molar-refractivity contribution < 1.29 is 19.2 Å². The third-order valence-electron chi connectivity index (χ3n) is 3.67. The highest BCUT2D eigenvalue weighted by Crippen LogP contribution is 2.05. The highest BCUT2D eigenvalue weighted by Gasteiger charge is 2.28. The van der Waals surface area contributed by atoms with E-state index >= 15 is 0 Å². The summed E-state index contributed by atoms with van der Waals surface area (Å²) in [5.41, 5.74) is 15.7. The van der Waals surface area contributed by atoms with Crippen LogP contribution in [0.15, 0.2) is 4.99 Å². The smallest absolute Gasteiger partial charge is 0.243 e. The molecule has 0 saturated heterocycles. The van der Waals surface area contributed by atoms with E-state index in [0.29, 0.717) is 6.42 Å². The third-order valence-corrected chi connectivity index (χ3v) is 3.67. The number of hydrogen-bond donors (Lipinski definition) is 6. The number of carbonyl (C=O) groups is 4. The largest absolute Gasteiger partial charge is 0.370 e. The van der Waals surface area contributed by atoms with Crippen LogP contribution in [-0.2, 0) is 19.2 Å². The number of hydrogen-bond acceptors (Lipinski definition) is 5. The number of carbonyl (C=O) groups excluding carboxylic acids is 4. The summed E-state index contributed by atoms with van der Waals surface area (Å²) in [4.78, 5) is 51.3. The molecule has 0 aliphatic rings. The van der Waals surface area contributed by atoms with Gasteiger partial charge in [-0.15, -0.1) is 0 Å². The summed E-state index contributed by atoms with van der Waals surface area (Å²) in [6.07, 6.45) is 0.637. The molecule has 11 nitrogen and oxygen atoms in total. The van der Waals surface area contributed by atoms with Gasteiger partial charge in [-0.1, -0.05) is 13.8 Å². The second-order valence-corrected chi connectivity index (χ2v) is 6.56. The average Bonchev–Trinajstić information content (AvgIpc) is 2.54. The lowest BCUT2D eigenvalue weighted by atomic mass is 10.0. The molecule has 0 heterocycles. The van der Waals surface area contributed by atoms with Gasteiger partial charge < -0.3 is 33.2 Å². The van der Waals surface area contributed by atoms with Crippen molar-refractivity contribution in [2.45, 2.75) is 58.7 Å². The molecule has 3 atom stereocenters. The molecular weight excluding hydrogens is 354 g/mol. The normalized spacial score (nSPS) is 13.8. The summed E-state index contributed by atoms with van der Waals surface area (Å²) in [6.45, 7) is 6.54. The lowest BCUT2D eigenvalue weighted by molar-refractivity contribution is -0.133. The Labute approximate surface area is 158 Å². The van der Waals surface area contributed by atoms with Crippen LogP contribution in [0.25, 0.3) is 0 Å². The molecule has 154 valence electrons. The number of nitrogens with one attached hydrogen (secondary N) is 3. The van der Waals surface area contributed by atoms with Gasteiger partial charge in [0.15, 0.2) is 5.96 Å². The van der Waals surface area contributed by atoms with Gasteiger partial charge >= 0.3 is 0 Å². The van der Waals surface area contributed by atoms with Gasteiger partial charge in [-0.2, -0.15) is 0 Å². The van der Waals surface area contributed by atoms with E-state index in [1.165, 1.54) is 13.8 Å². The average molecular weight is 385 g/mol. The van der Waals surface area contributed by atoms with Gasteiger partial charge in [0, 0.05) is 13.5 Å². The molecule has 0 spiro atoms. The molecule has 0 aliphatic heterocycles. The molecule has 0 aromatic rings. The van der Waals surface area contributed by atoms with Crippen LogP contribution in [0.5, 0.6) is 0 Å². The van der Waals surface area contributed by atoms with Crippen LogP contribution < -0.4 is 33.2 Å². The van der Waals surface area contributed by atoms with Crippen molar-refractivity contribution in [1.29, 1.82) is 0 Å². The molecule has 9 N–H and O–H groups in total. The Balaban J connectivity index is 5.16. The summed E-state index contributed by atoms with van der Waals surface area (Å²) in [5, 5.41) is 7.60. The van der Waals surface area contributed by atoms with Crippen LogP contribution in [-0.4, -0.2) is 54.3 Å². The van der Waals surface area contributed by atoms with Crippen molar-refractivity contribution in [3.63, 3.8) is 0 Å². The molecule has 27 heavy (non-hydrogen) atoms. The number of aliphatic imine (C=N–C) groups is 1. The van der Waals surface area contributed by atoms with E-state index in [-0.39, 0.29) is 30.8 Å². The summed E-state index contributed by atoms with van der Waals surface area (Å²) in [5.74, 6) is -2.40. The zero-order chi connectivity index (χ0) is 21.1. The van der Waals surface area contributed by atoms with Crippen LogP contribution in [0.2, 0.25) is 0 Å². The lowest BCUT2D eigenvalue weighted by Gasteiger charge is -2.25. The molecule has 0 aliphatic carbocycles. The highest BCUT2D eigenvalue weighted by molar-refractivity contribution is 5.93. The Morgan fingerprint density at radius 1 is 0.926 bits per heavy atom. The lowest BCUT2D eigenvalue weighted by Crippen LogP contribution is -2.56. The molecule has 0 aromatic heterocycles. The SMILES string of the molecule is CC(=O)N[C@H](C(=O)N[C@@H](CCCN=C(N)N)C(=O)N[C@@H](C)C(N)=O)C(C)C. The molecule has 0 bridgehead atoms. The molecule has 4 amide bonds. The monoisotopic (exact) mass is 385 g/mol. The van der Waals surface area contributed by atoms with Crippen molar-refractivity contribution in [2.24, 2.45) is 28.1 Å². The van der Waals surface area contributed by atoms with E-state index in [0.717, 1.165) is 0 Å². The van der Waals surface area contributed by atoms with Crippen molar-refractivity contribution in [3.05, 3.63) is 0 Å². The minimum absolute atomic E-state index is 0.0760. The van der Waals surface area contributed by atoms with Crippen molar-refractivity contribution in [1.82, 2.24) is 16.0 Å². The second kappa shape index (κ2) is 11.7. The van der Waals surface area contributed by atoms with Gasteiger partial charge in [0.2, 0.25) is 23.6 Å². The molecule has 0 fully saturated rings. The standard InChI is InChI=1S/C16H31N7O4/c1-8(2)12(22-10(4)24)15(27)23-11(6-5-7-20-16(18)19)14(26)21-9(3)13(17)25/h8-9,11-12H,5-7H2,1-4H3,(H2,17,25)(H,21,26)(H,22,24)(H,23,27)(H4,18,19,20)/t9-,11-,12-/m0/s1. The van der Waals surface area contributed by atoms with Crippen LogP contribution >= 0.6 is 0 Å². The van der Waals surface area contributed by atoms with E-state index in [9.17, 15) is 19.2 Å². The topological polar surface area (TPSA) is 195 Å². The predicted molar refractivity (Wildman–Crippen MR) is 101 cm³/mol. The molecular formula is C16H31N7O4. The zero-order valence-corrected chi connectivity index (χ0v) is 16.2. The molecule has 0 saturated carbocycles. The minimum atomic E-state index is -0.941. The number of amides is 4. The van der Waals surface area contributed by atoms with E-state index in [4.69, 9.17) is 17.2 Å². The van der Waals surface area contributed by atoms with Crippen molar-refractivity contribution in [3.8, 4) is 0 Å². The Morgan fingerprint density at radius 3 is 1.96 bits per heavy atom. The summed E-state index contributed by atoms with van der Waals surface area (Å²) < 4.78 is 0. The second-order valence-electron chi connectivity index (χ2n) is 6.56. The first-order chi connectivity index (χ1) is 12.5. The summed E-state index contributed by atoms with van der Waals surface area (Å²) in [7, 11) is 0. The number of guanidine groups is 1. The fraction of sp³-hybridized carbons (Fsp3) is 0.688. The van der Waals surface area contributed by atoms with Crippen LogP contribution in [0.3, 0.4) is 0 Å². The van der Waals surface area contributed by atoms with E-state index in [1.807, 2.05) is 0 Å². The quantitative estimate of drug-likeness (QED) is 0.131. The van der Waals surface area contributed by atoms with Gasteiger partial charge in [0.1, 0.15) is 18.1 Å². The Hall–Kier alpha value is -2.85. The van der Waals surface area contributed by atoms with E-state index in [2.05, 4.69) is 20.9 Å². The van der Waals surface area contributed by atoms with Crippen LogP contribution in [0.1, 0.15) is 40.5 Å². The first kappa shape index (κ1) is 24.1. The van der Waals surface area contributed by atoms with Gasteiger partial charge in [0.25, 0.3) is 0 Å². The van der Waals surface area contributed by atoms with Gasteiger partial charge in [-0.3, -0.25) is 24.2 Å².